The fraction of sp³-hybridized carbons (Fsp3) is 0.444. The van der Waals surface area contributed by atoms with Crippen molar-refractivity contribution < 1.29 is 4.79 Å². The average molecular weight is 445 g/mol. The van der Waals surface area contributed by atoms with Gasteiger partial charge in [-0.3, -0.25) is 14.2 Å². The van der Waals surface area contributed by atoms with Gasteiger partial charge >= 0.3 is 0 Å². The number of piperidine rings is 1. The number of hydrogen-bond acceptors (Lipinski definition) is 4. The zero-order valence-electron chi connectivity index (χ0n) is 19.1. The van der Waals surface area contributed by atoms with Crippen molar-refractivity contribution >= 4 is 22.8 Å². The number of carbonyl (C=O) groups excluding carboxylic acids is 1. The largest absolute Gasteiger partial charge is 0.353 e. The van der Waals surface area contributed by atoms with E-state index in [1.165, 1.54) is 19.3 Å². The number of fused-ring (bicyclic) bond motifs is 1. The summed E-state index contributed by atoms with van der Waals surface area (Å²) < 4.78 is 1.82. The highest BCUT2D eigenvalue weighted by atomic mass is 16.2. The van der Waals surface area contributed by atoms with Crippen molar-refractivity contribution in [2.24, 2.45) is 5.92 Å². The number of carbonyl (C=O) groups is 1. The number of aromatic nitrogens is 2. The van der Waals surface area contributed by atoms with Gasteiger partial charge in [0.25, 0.3) is 5.56 Å². The van der Waals surface area contributed by atoms with E-state index in [-0.39, 0.29) is 17.4 Å². The molecular weight excluding hydrogens is 412 g/mol. The number of benzene rings is 2. The van der Waals surface area contributed by atoms with E-state index < -0.39 is 0 Å². The van der Waals surface area contributed by atoms with E-state index in [1.54, 1.807) is 0 Å². The van der Waals surface area contributed by atoms with E-state index in [0.717, 1.165) is 48.8 Å². The summed E-state index contributed by atoms with van der Waals surface area (Å²) in [6.07, 6.45) is 7.58. The molecule has 1 N–H and O–H groups in total. The van der Waals surface area contributed by atoms with Gasteiger partial charge < -0.3 is 10.2 Å². The predicted octanol–water partition coefficient (Wildman–Crippen LogP) is 4.11. The zero-order valence-corrected chi connectivity index (χ0v) is 19.1. The minimum atomic E-state index is -0.101. The lowest BCUT2D eigenvalue weighted by molar-refractivity contribution is -0.126. The highest BCUT2D eigenvalue weighted by molar-refractivity contribution is 5.80. The Morgan fingerprint density at radius 1 is 0.939 bits per heavy atom. The number of amides is 1. The molecule has 3 aromatic rings. The molecule has 1 atom stereocenters. The Balaban J connectivity index is 1.42. The maximum atomic E-state index is 13.6. The molecule has 33 heavy (non-hydrogen) atoms. The van der Waals surface area contributed by atoms with Crippen LogP contribution in [0.15, 0.2) is 59.4 Å². The second kappa shape index (κ2) is 9.77. The number of rotatable bonds is 5. The van der Waals surface area contributed by atoms with Crippen LogP contribution in [0.2, 0.25) is 0 Å². The van der Waals surface area contributed by atoms with Crippen molar-refractivity contribution in [2.75, 3.05) is 18.0 Å². The van der Waals surface area contributed by atoms with Crippen LogP contribution in [-0.2, 0) is 11.3 Å². The fourth-order valence-corrected chi connectivity index (χ4v) is 5.26. The summed E-state index contributed by atoms with van der Waals surface area (Å²) in [6.45, 7) is 1.79. The monoisotopic (exact) mass is 444 g/mol. The van der Waals surface area contributed by atoms with E-state index in [1.807, 2.05) is 64.1 Å². The topological polar surface area (TPSA) is 67.2 Å². The van der Waals surface area contributed by atoms with Crippen LogP contribution in [0, 0.1) is 5.92 Å². The second-order valence-electron chi connectivity index (χ2n) is 9.43. The lowest BCUT2D eigenvalue weighted by atomic mass is 9.93. The molecule has 1 aliphatic carbocycles. The normalized spacial score (nSPS) is 19.5. The van der Waals surface area contributed by atoms with Crippen LogP contribution in [0.1, 0.15) is 50.5 Å². The molecule has 2 heterocycles. The third kappa shape index (κ3) is 4.80. The van der Waals surface area contributed by atoms with Gasteiger partial charge in [0.05, 0.1) is 23.5 Å². The van der Waals surface area contributed by atoms with Crippen LogP contribution >= 0.6 is 0 Å². The van der Waals surface area contributed by atoms with Gasteiger partial charge in [-0.25, -0.2) is 4.98 Å². The van der Waals surface area contributed by atoms with Gasteiger partial charge in [-0.05, 0) is 43.4 Å². The Morgan fingerprint density at radius 2 is 1.70 bits per heavy atom. The molecular formula is C27H32N4O2. The van der Waals surface area contributed by atoms with Gasteiger partial charge in [0.1, 0.15) is 0 Å². The van der Waals surface area contributed by atoms with Crippen molar-refractivity contribution in [2.45, 2.75) is 57.5 Å². The van der Waals surface area contributed by atoms with Gasteiger partial charge in [-0.1, -0.05) is 61.7 Å². The van der Waals surface area contributed by atoms with Crippen molar-refractivity contribution in [3.05, 3.63) is 70.5 Å². The molecule has 0 spiro atoms. The van der Waals surface area contributed by atoms with Gasteiger partial charge in [-0.2, -0.15) is 0 Å². The van der Waals surface area contributed by atoms with Crippen molar-refractivity contribution in [3.63, 3.8) is 0 Å². The molecule has 1 saturated heterocycles. The quantitative estimate of drug-likeness (QED) is 0.643. The summed E-state index contributed by atoms with van der Waals surface area (Å²) in [4.78, 5) is 33.4. The zero-order chi connectivity index (χ0) is 22.6. The molecule has 6 nitrogen and oxygen atoms in total. The fourth-order valence-electron chi connectivity index (χ4n) is 5.26. The summed E-state index contributed by atoms with van der Waals surface area (Å²) in [5, 5.41) is 3.28. The number of para-hydroxylation sites is 2. The maximum Gasteiger partial charge on any atom is 0.294 e. The summed E-state index contributed by atoms with van der Waals surface area (Å²) in [5.41, 5.74) is 2.62. The van der Waals surface area contributed by atoms with Crippen LogP contribution in [0.5, 0.6) is 0 Å². The minimum absolute atomic E-state index is 0.0918. The number of hydrogen-bond donors (Lipinski definition) is 1. The molecule has 0 radical (unpaired) electrons. The maximum absolute atomic E-state index is 13.6. The molecule has 1 aromatic heterocycles. The molecule has 2 aromatic carbocycles. The van der Waals surface area contributed by atoms with Gasteiger partial charge in [0.15, 0.2) is 5.82 Å². The molecule has 1 aliphatic heterocycles. The van der Waals surface area contributed by atoms with E-state index in [9.17, 15) is 9.59 Å². The first-order valence-corrected chi connectivity index (χ1v) is 12.3. The van der Waals surface area contributed by atoms with E-state index in [2.05, 4.69) is 5.32 Å². The third-order valence-electron chi connectivity index (χ3n) is 7.06. The molecule has 2 fully saturated rings. The number of nitrogens with one attached hydrogen (secondary N) is 1. The molecule has 1 amide bonds. The SMILES string of the molecule is O=C(NC1CCCCC1)[C@@H]1CCCN(c2nc3ccccc3n(Cc3ccccc3)c2=O)C1. The molecule has 0 unspecified atom stereocenters. The smallest absolute Gasteiger partial charge is 0.294 e. The van der Waals surface area contributed by atoms with Crippen LogP contribution in [0.3, 0.4) is 0 Å². The molecule has 6 heteroatoms. The minimum Gasteiger partial charge on any atom is -0.353 e. The molecule has 2 aliphatic rings. The number of nitrogens with zero attached hydrogens (tertiary/aromatic N) is 3. The highest BCUT2D eigenvalue weighted by Crippen LogP contribution is 2.24. The lowest BCUT2D eigenvalue weighted by Gasteiger charge is -2.34. The standard InChI is InChI=1S/C27H32N4O2/c32-26(28-22-13-5-2-6-14-22)21-12-9-17-30(19-21)25-27(33)31(18-20-10-3-1-4-11-20)24-16-8-7-15-23(24)29-25/h1,3-4,7-8,10-11,15-16,21-22H,2,5-6,9,12-14,17-19H2,(H,28,32)/t21-/m1/s1. The van der Waals surface area contributed by atoms with Gasteiger partial charge in [0, 0.05) is 19.1 Å². The van der Waals surface area contributed by atoms with E-state index in [4.69, 9.17) is 4.98 Å². The number of anilines is 1. The first kappa shape index (κ1) is 21.7. The van der Waals surface area contributed by atoms with Crippen LogP contribution in [0.25, 0.3) is 11.0 Å². The Hall–Kier alpha value is -3.15. The van der Waals surface area contributed by atoms with Crippen molar-refractivity contribution in [1.29, 1.82) is 0 Å². The Kier molecular flexibility index (Phi) is 6.42. The molecule has 5 rings (SSSR count). The second-order valence-corrected chi connectivity index (χ2v) is 9.43. The van der Waals surface area contributed by atoms with Crippen LogP contribution < -0.4 is 15.8 Å². The lowest BCUT2D eigenvalue weighted by Crippen LogP contribution is -2.48. The third-order valence-corrected chi connectivity index (χ3v) is 7.06. The van der Waals surface area contributed by atoms with E-state index in [0.29, 0.717) is 24.9 Å². The average Bonchev–Trinajstić information content (AvgIpc) is 2.87. The molecule has 0 bridgehead atoms. The van der Waals surface area contributed by atoms with Crippen LogP contribution in [-0.4, -0.2) is 34.6 Å². The summed E-state index contributed by atoms with van der Waals surface area (Å²) in [5.74, 6) is 0.493. The predicted molar refractivity (Wildman–Crippen MR) is 131 cm³/mol. The van der Waals surface area contributed by atoms with Crippen LogP contribution in [0.4, 0.5) is 5.82 Å². The van der Waals surface area contributed by atoms with E-state index >= 15 is 0 Å². The molecule has 172 valence electrons. The first-order chi connectivity index (χ1) is 16.2. The van der Waals surface area contributed by atoms with Crippen molar-refractivity contribution in [1.82, 2.24) is 14.9 Å². The summed E-state index contributed by atoms with van der Waals surface area (Å²) in [6, 6.07) is 18.1. The Labute approximate surface area is 194 Å². The van der Waals surface area contributed by atoms with Gasteiger partial charge in [0.2, 0.25) is 5.91 Å². The van der Waals surface area contributed by atoms with Gasteiger partial charge in [-0.15, -0.1) is 0 Å². The highest BCUT2D eigenvalue weighted by Gasteiger charge is 2.30. The van der Waals surface area contributed by atoms with Crippen molar-refractivity contribution in [3.8, 4) is 0 Å². The summed E-state index contributed by atoms with van der Waals surface area (Å²) in [7, 11) is 0. The first-order valence-electron chi connectivity index (χ1n) is 12.3. The Bertz CT molecular complexity index is 1170. The summed E-state index contributed by atoms with van der Waals surface area (Å²) >= 11 is 0. The Morgan fingerprint density at radius 3 is 2.52 bits per heavy atom. The molecule has 1 saturated carbocycles.